The van der Waals surface area contributed by atoms with Gasteiger partial charge in [-0.25, -0.2) is 4.98 Å². The van der Waals surface area contributed by atoms with Gasteiger partial charge in [0.2, 0.25) is 12.5 Å². The van der Waals surface area contributed by atoms with Crippen molar-refractivity contribution in [2.75, 3.05) is 24.6 Å². The summed E-state index contributed by atoms with van der Waals surface area (Å²) in [6.07, 6.45) is 1.34. The standard InChI is InChI=1S/C16H16N6O5S2/c1-2-16(14(25)26)6-22-12(24)10(13(22)29-7-16)20-11(23)9(21-27-4-3-17)8-5-28-15(18)19-8/h2,5,10,13H,1,4,6-7H2,(H2,18,19)(H,20,23)(H,25,26)/t10?,13-,16?/m1/s1. The topological polar surface area (TPSA) is 171 Å². The quantitative estimate of drug-likeness (QED) is 0.169. The number of aliphatic carboxylic acids is 1. The lowest BCUT2D eigenvalue weighted by Crippen LogP contribution is -2.73. The van der Waals surface area contributed by atoms with E-state index in [0.29, 0.717) is 0 Å². The number of rotatable bonds is 7. The molecule has 0 spiro atoms. The van der Waals surface area contributed by atoms with Crippen molar-refractivity contribution in [2.45, 2.75) is 11.4 Å². The average Bonchev–Trinajstić information content (AvgIpc) is 3.14. The number of hydrogen-bond acceptors (Lipinski definition) is 10. The van der Waals surface area contributed by atoms with Crippen molar-refractivity contribution in [3.63, 3.8) is 0 Å². The number of hydrogen-bond donors (Lipinski definition) is 3. The molecule has 3 rings (SSSR count). The van der Waals surface area contributed by atoms with Gasteiger partial charge in [-0.1, -0.05) is 11.2 Å². The summed E-state index contributed by atoms with van der Waals surface area (Å²) in [6.45, 7) is 3.20. The Morgan fingerprint density at radius 2 is 2.41 bits per heavy atom. The van der Waals surface area contributed by atoms with Crippen LogP contribution in [-0.2, 0) is 19.2 Å². The Bertz CT molecular complexity index is 940. The highest BCUT2D eigenvalue weighted by Crippen LogP contribution is 2.42. The van der Waals surface area contributed by atoms with Crippen molar-refractivity contribution in [1.29, 1.82) is 5.26 Å². The lowest BCUT2D eigenvalue weighted by atomic mass is 9.87. The van der Waals surface area contributed by atoms with Crippen LogP contribution in [0.1, 0.15) is 5.69 Å². The van der Waals surface area contributed by atoms with Crippen molar-refractivity contribution in [2.24, 2.45) is 10.6 Å². The van der Waals surface area contributed by atoms with Crippen molar-refractivity contribution >= 4 is 51.7 Å². The van der Waals surface area contributed by atoms with Crippen molar-refractivity contribution < 1.29 is 24.3 Å². The number of thioether (sulfide) groups is 1. The first-order chi connectivity index (χ1) is 13.8. The first-order valence-electron chi connectivity index (χ1n) is 8.21. The number of nitriles is 1. The molecule has 2 amide bonds. The smallest absolute Gasteiger partial charge is 0.316 e. The number of carboxylic acid groups (broad SMARTS) is 1. The first kappa shape index (κ1) is 20.6. The largest absolute Gasteiger partial charge is 0.481 e. The zero-order valence-corrected chi connectivity index (χ0v) is 16.5. The van der Waals surface area contributed by atoms with E-state index in [1.165, 1.54) is 28.1 Å². The van der Waals surface area contributed by atoms with Crippen LogP contribution in [0.2, 0.25) is 0 Å². The lowest BCUT2D eigenvalue weighted by molar-refractivity contribution is -0.156. The van der Waals surface area contributed by atoms with Gasteiger partial charge in [0.05, 0.1) is 0 Å². The Labute approximate surface area is 173 Å². The van der Waals surface area contributed by atoms with Gasteiger partial charge in [0.25, 0.3) is 5.91 Å². The van der Waals surface area contributed by atoms with Crippen molar-refractivity contribution in [3.8, 4) is 6.07 Å². The molecule has 0 radical (unpaired) electrons. The van der Waals surface area contributed by atoms with Crippen molar-refractivity contribution in [3.05, 3.63) is 23.7 Å². The summed E-state index contributed by atoms with van der Waals surface area (Å²) in [4.78, 5) is 46.9. The van der Waals surface area contributed by atoms with E-state index in [2.05, 4.69) is 22.0 Å². The highest BCUT2D eigenvalue weighted by atomic mass is 32.2. The molecule has 2 aliphatic rings. The molecule has 0 aliphatic carbocycles. The van der Waals surface area contributed by atoms with E-state index in [0.717, 1.165) is 11.3 Å². The fraction of sp³-hybridized carbons (Fsp3) is 0.375. The molecule has 11 nitrogen and oxygen atoms in total. The average molecular weight is 436 g/mol. The molecule has 13 heteroatoms. The Hall–Kier alpha value is -3.11. The van der Waals surface area contributed by atoms with Gasteiger partial charge in [0, 0.05) is 17.7 Å². The van der Waals surface area contributed by atoms with Crippen LogP contribution in [0.25, 0.3) is 0 Å². The number of carboxylic acids is 1. The summed E-state index contributed by atoms with van der Waals surface area (Å²) in [6, 6.07) is 0.879. The molecular weight excluding hydrogens is 420 g/mol. The number of nitrogens with zero attached hydrogens (tertiary/aromatic N) is 4. The van der Waals surface area contributed by atoms with Crippen LogP contribution in [0.4, 0.5) is 5.13 Å². The Morgan fingerprint density at radius 1 is 1.66 bits per heavy atom. The Balaban J connectivity index is 1.73. The van der Waals surface area contributed by atoms with Crippen LogP contribution in [0.3, 0.4) is 0 Å². The minimum atomic E-state index is -1.22. The zero-order valence-electron chi connectivity index (χ0n) is 14.9. The minimum absolute atomic E-state index is 0.0104. The number of β-lactam (4-membered cyclic amide) rings is 1. The SMILES string of the molecule is C=CC1(C(=O)O)CS[C@@H]2C(NC(=O)C(=NOCC#N)c3csc(N)n3)C(=O)N2C1. The maximum atomic E-state index is 12.7. The number of nitrogens with one attached hydrogen (secondary N) is 1. The van der Waals surface area contributed by atoms with E-state index in [1.54, 1.807) is 6.07 Å². The Kier molecular flexibility index (Phi) is 5.76. The second kappa shape index (κ2) is 8.10. The maximum absolute atomic E-state index is 12.7. The van der Waals surface area contributed by atoms with Crippen LogP contribution in [0.5, 0.6) is 0 Å². The molecule has 2 unspecified atom stereocenters. The van der Waals surface area contributed by atoms with E-state index in [4.69, 9.17) is 15.8 Å². The van der Waals surface area contributed by atoms with Crippen LogP contribution in [-0.4, -0.2) is 68.8 Å². The van der Waals surface area contributed by atoms with Gasteiger partial charge >= 0.3 is 5.97 Å². The van der Waals surface area contributed by atoms with E-state index in [1.807, 2.05) is 0 Å². The Morgan fingerprint density at radius 3 is 3.00 bits per heavy atom. The fourth-order valence-corrected chi connectivity index (χ4v) is 4.95. The van der Waals surface area contributed by atoms with Crippen LogP contribution < -0.4 is 11.1 Å². The second-order valence-corrected chi connectivity index (χ2v) is 8.22. The fourth-order valence-electron chi connectivity index (χ4n) is 2.87. The van der Waals surface area contributed by atoms with Crippen LogP contribution in [0.15, 0.2) is 23.2 Å². The number of nitrogen functional groups attached to an aromatic ring is 1. The number of nitrogens with two attached hydrogens (primary N) is 1. The molecule has 0 saturated carbocycles. The molecule has 152 valence electrons. The molecular formula is C16H16N6O5S2. The van der Waals surface area contributed by atoms with E-state index >= 15 is 0 Å². The third kappa shape index (κ3) is 3.76. The molecule has 2 aliphatic heterocycles. The third-order valence-electron chi connectivity index (χ3n) is 4.47. The molecule has 0 bridgehead atoms. The number of fused-ring (bicyclic) bond motifs is 1. The van der Waals surface area contributed by atoms with Crippen molar-refractivity contribution in [1.82, 2.24) is 15.2 Å². The highest BCUT2D eigenvalue weighted by molar-refractivity contribution is 8.00. The summed E-state index contributed by atoms with van der Waals surface area (Å²) in [5.74, 6) is -1.95. The molecule has 3 atom stereocenters. The zero-order chi connectivity index (χ0) is 21.2. The molecule has 3 heterocycles. The van der Waals surface area contributed by atoms with E-state index in [9.17, 15) is 19.5 Å². The summed E-state index contributed by atoms with van der Waals surface area (Å²) in [5.41, 5.74) is 4.31. The van der Waals surface area contributed by atoms with Gasteiger partial charge in [-0.15, -0.1) is 29.7 Å². The lowest BCUT2D eigenvalue weighted by Gasteiger charge is -2.53. The number of carbonyl (C=O) groups excluding carboxylic acids is 2. The van der Waals surface area contributed by atoms with Crippen LogP contribution in [0, 0.1) is 16.7 Å². The second-order valence-electron chi connectivity index (χ2n) is 6.23. The molecule has 0 aromatic carbocycles. The minimum Gasteiger partial charge on any atom is -0.481 e. The number of oxime groups is 1. The number of amides is 2. The predicted octanol–water partition coefficient (Wildman–Crippen LogP) is -0.374. The van der Waals surface area contributed by atoms with Gasteiger partial charge in [0.15, 0.2) is 10.8 Å². The molecule has 4 N–H and O–H groups in total. The predicted molar refractivity (Wildman–Crippen MR) is 105 cm³/mol. The number of carbonyl (C=O) groups is 3. The summed E-state index contributed by atoms with van der Waals surface area (Å²) in [7, 11) is 0. The molecule has 29 heavy (non-hydrogen) atoms. The number of aromatic nitrogens is 1. The monoisotopic (exact) mass is 436 g/mol. The van der Waals surface area contributed by atoms with Gasteiger partial charge in [-0.2, -0.15) is 5.26 Å². The summed E-state index contributed by atoms with van der Waals surface area (Å²) in [5, 5.41) is 25.6. The maximum Gasteiger partial charge on any atom is 0.316 e. The number of thiazole rings is 1. The van der Waals surface area contributed by atoms with Gasteiger partial charge in [-0.3, -0.25) is 14.4 Å². The normalized spacial score (nSPS) is 26.0. The molecule has 2 fully saturated rings. The molecule has 2 saturated heterocycles. The van der Waals surface area contributed by atoms with Gasteiger partial charge < -0.3 is 25.9 Å². The van der Waals surface area contributed by atoms with Gasteiger partial charge in [-0.05, 0) is 0 Å². The van der Waals surface area contributed by atoms with E-state index in [-0.39, 0.29) is 35.4 Å². The van der Waals surface area contributed by atoms with Crippen LogP contribution >= 0.6 is 23.1 Å². The summed E-state index contributed by atoms with van der Waals surface area (Å²) < 4.78 is 0. The van der Waals surface area contributed by atoms with E-state index < -0.39 is 34.6 Å². The highest BCUT2D eigenvalue weighted by Gasteiger charge is 2.56. The number of anilines is 1. The summed E-state index contributed by atoms with van der Waals surface area (Å²) >= 11 is 2.34. The molecule has 1 aromatic rings. The first-order valence-corrected chi connectivity index (χ1v) is 10.1. The third-order valence-corrected chi connectivity index (χ3v) is 6.70. The molecule has 1 aromatic heterocycles. The van der Waals surface area contributed by atoms with Gasteiger partial charge in [0.1, 0.15) is 28.6 Å².